The SMILES string of the molecule is CCOc1cccc(N(CC(=O)NC(C)c2ccc3c(c2)OCCO3)S(C)(=O)=O)c1. The van der Waals surface area contributed by atoms with Crippen LogP contribution in [0.1, 0.15) is 25.5 Å². The normalized spacial score (nSPS) is 14.0. The number of carbonyl (C=O) groups excluding carboxylic acids is 1. The van der Waals surface area contributed by atoms with Gasteiger partial charge in [0, 0.05) is 6.07 Å². The van der Waals surface area contributed by atoms with Crippen molar-refractivity contribution in [1.29, 1.82) is 0 Å². The summed E-state index contributed by atoms with van der Waals surface area (Å²) in [4.78, 5) is 12.7. The minimum Gasteiger partial charge on any atom is -0.494 e. The Hall–Kier alpha value is -2.94. The maximum absolute atomic E-state index is 12.7. The molecular formula is C21H26N2O6S. The first-order valence-corrected chi connectivity index (χ1v) is 11.5. The van der Waals surface area contributed by atoms with E-state index in [1.807, 2.05) is 26.0 Å². The average Bonchev–Trinajstić information content (AvgIpc) is 2.71. The van der Waals surface area contributed by atoms with Crippen LogP contribution in [-0.4, -0.2) is 46.9 Å². The van der Waals surface area contributed by atoms with Crippen LogP contribution in [0, 0.1) is 0 Å². The summed E-state index contributed by atoms with van der Waals surface area (Å²) < 4.78 is 42.2. The van der Waals surface area contributed by atoms with Crippen molar-refractivity contribution in [2.75, 3.05) is 36.9 Å². The van der Waals surface area contributed by atoms with Gasteiger partial charge in [-0.1, -0.05) is 12.1 Å². The topological polar surface area (TPSA) is 94.2 Å². The van der Waals surface area contributed by atoms with E-state index >= 15 is 0 Å². The monoisotopic (exact) mass is 434 g/mol. The first-order valence-electron chi connectivity index (χ1n) is 9.67. The lowest BCUT2D eigenvalue weighted by Gasteiger charge is -2.24. The van der Waals surface area contributed by atoms with Crippen LogP contribution in [0.2, 0.25) is 0 Å². The molecule has 1 unspecified atom stereocenters. The summed E-state index contributed by atoms with van der Waals surface area (Å²) in [5.74, 6) is 1.41. The first-order chi connectivity index (χ1) is 14.3. The van der Waals surface area contributed by atoms with E-state index in [4.69, 9.17) is 14.2 Å². The summed E-state index contributed by atoms with van der Waals surface area (Å²) in [6, 6.07) is 11.8. The van der Waals surface area contributed by atoms with Crippen molar-refractivity contribution in [3.8, 4) is 17.2 Å². The van der Waals surface area contributed by atoms with Gasteiger partial charge in [0.25, 0.3) is 0 Å². The van der Waals surface area contributed by atoms with Gasteiger partial charge in [0.1, 0.15) is 25.5 Å². The van der Waals surface area contributed by atoms with Crippen molar-refractivity contribution < 1.29 is 27.4 Å². The first kappa shape index (κ1) is 21.8. The highest BCUT2D eigenvalue weighted by molar-refractivity contribution is 7.92. The quantitative estimate of drug-likeness (QED) is 0.686. The molecule has 9 heteroatoms. The highest BCUT2D eigenvalue weighted by atomic mass is 32.2. The Labute approximate surface area is 176 Å². The molecule has 162 valence electrons. The van der Waals surface area contributed by atoms with E-state index in [0.29, 0.717) is 42.8 Å². The van der Waals surface area contributed by atoms with Crippen LogP contribution < -0.4 is 23.8 Å². The highest BCUT2D eigenvalue weighted by Gasteiger charge is 2.23. The molecule has 1 heterocycles. The number of fused-ring (bicyclic) bond motifs is 1. The summed E-state index contributed by atoms with van der Waals surface area (Å²) in [7, 11) is -3.68. The lowest BCUT2D eigenvalue weighted by atomic mass is 10.1. The van der Waals surface area contributed by atoms with Crippen LogP contribution >= 0.6 is 0 Å². The molecule has 1 atom stereocenters. The number of sulfonamides is 1. The van der Waals surface area contributed by atoms with Gasteiger partial charge in [0.05, 0.1) is 24.6 Å². The Morgan fingerprint density at radius 2 is 1.90 bits per heavy atom. The van der Waals surface area contributed by atoms with E-state index in [2.05, 4.69) is 5.32 Å². The second-order valence-corrected chi connectivity index (χ2v) is 8.80. The Morgan fingerprint density at radius 1 is 1.17 bits per heavy atom. The van der Waals surface area contributed by atoms with Gasteiger partial charge in [0.2, 0.25) is 15.9 Å². The van der Waals surface area contributed by atoms with Gasteiger partial charge in [-0.05, 0) is 43.7 Å². The summed E-state index contributed by atoms with van der Waals surface area (Å²) in [5, 5.41) is 2.84. The number of nitrogens with one attached hydrogen (secondary N) is 1. The zero-order chi connectivity index (χ0) is 21.7. The second-order valence-electron chi connectivity index (χ2n) is 6.89. The van der Waals surface area contributed by atoms with E-state index in [1.165, 1.54) is 0 Å². The number of rotatable bonds is 8. The van der Waals surface area contributed by atoms with Crippen molar-refractivity contribution in [3.05, 3.63) is 48.0 Å². The third-order valence-corrected chi connectivity index (χ3v) is 5.69. The third-order valence-electron chi connectivity index (χ3n) is 4.55. The standard InChI is InChI=1S/C21H26N2O6S/c1-4-27-18-7-5-6-17(13-18)23(30(3,25)26)14-21(24)22-15(2)16-8-9-19-20(12-16)29-11-10-28-19/h5-9,12-13,15H,4,10-11,14H2,1-3H3,(H,22,24). The predicted molar refractivity (Wildman–Crippen MR) is 114 cm³/mol. The number of hydrogen-bond acceptors (Lipinski definition) is 6. The minimum absolute atomic E-state index is 0.343. The van der Waals surface area contributed by atoms with Crippen LogP contribution in [0.3, 0.4) is 0 Å². The molecule has 0 saturated carbocycles. The molecule has 0 bridgehead atoms. The van der Waals surface area contributed by atoms with Crippen molar-refractivity contribution in [3.63, 3.8) is 0 Å². The second kappa shape index (κ2) is 9.25. The number of amides is 1. The lowest BCUT2D eigenvalue weighted by molar-refractivity contribution is -0.120. The molecule has 2 aromatic carbocycles. The fourth-order valence-electron chi connectivity index (χ4n) is 3.13. The van der Waals surface area contributed by atoms with Crippen molar-refractivity contribution >= 4 is 21.6 Å². The molecular weight excluding hydrogens is 408 g/mol. The van der Waals surface area contributed by atoms with Gasteiger partial charge in [0.15, 0.2) is 11.5 Å². The van der Waals surface area contributed by atoms with Gasteiger partial charge in [-0.2, -0.15) is 0 Å². The average molecular weight is 435 g/mol. The number of anilines is 1. The van der Waals surface area contributed by atoms with Crippen LogP contribution in [0.4, 0.5) is 5.69 Å². The maximum Gasteiger partial charge on any atom is 0.241 e. The van der Waals surface area contributed by atoms with E-state index in [0.717, 1.165) is 16.1 Å². The Balaban J connectivity index is 1.72. The number of benzene rings is 2. The Morgan fingerprint density at radius 3 is 2.60 bits per heavy atom. The molecule has 0 spiro atoms. The van der Waals surface area contributed by atoms with E-state index in [9.17, 15) is 13.2 Å². The van der Waals surface area contributed by atoms with E-state index in [1.54, 1.807) is 30.3 Å². The van der Waals surface area contributed by atoms with Crippen molar-refractivity contribution in [2.45, 2.75) is 19.9 Å². The van der Waals surface area contributed by atoms with E-state index in [-0.39, 0.29) is 12.6 Å². The van der Waals surface area contributed by atoms with Crippen LogP contribution in [0.25, 0.3) is 0 Å². The molecule has 0 aliphatic carbocycles. The third kappa shape index (κ3) is 5.35. The molecule has 0 fully saturated rings. The molecule has 1 amide bonds. The largest absolute Gasteiger partial charge is 0.494 e. The number of ether oxygens (including phenoxy) is 3. The van der Waals surface area contributed by atoms with Crippen LogP contribution in [-0.2, 0) is 14.8 Å². The summed E-state index contributed by atoms with van der Waals surface area (Å²) in [6.07, 6.45) is 1.07. The van der Waals surface area contributed by atoms with Gasteiger partial charge in [-0.25, -0.2) is 8.42 Å². The molecule has 0 aromatic heterocycles. The highest BCUT2D eigenvalue weighted by Crippen LogP contribution is 2.32. The fourth-order valence-corrected chi connectivity index (χ4v) is 3.97. The molecule has 1 aliphatic heterocycles. The fraction of sp³-hybridized carbons (Fsp3) is 0.381. The van der Waals surface area contributed by atoms with Gasteiger partial charge < -0.3 is 19.5 Å². The van der Waals surface area contributed by atoms with Gasteiger partial charge in [-0.3, -0.25) is 9.10 Å². The minimum atomic E-state index is -3.68. The predicted octanol–water partition coefficient (Wildman–Crippen LogP) is 2.50. The van der Waals surface area contributed by atoms with Crippen molar-refractivity contribution in [2.24, 2.45) is 0 Å². The summed E-state index contributed by atoms with van der Waals surface area (Å²) in [6.45, 7) is 4.75. The lowest BCUT2D eigenvalue weighted by Crippen LogP contribution is -2.41. The van der Waals surface area contributed by atoms with Crippen molar-refractivity contribution in [1.82, 2.24) is 5.32 Å². The molecule has 3 rings (SSSR count). The van der Waals surface area contributed by atoms with E-state index < -0.39 is 15.9 Å². The molecule has 30 heavy (non-hydrogen) atoms. The van der Waals surface area contributed by atoms with Gasteiger partial charge >= 0.3 is 0 Å². The molecule has 1 aliphatic rings. The molecule has 2 aromatic rings. The van der Waals surface area contributed by atoms with Gasteiger partial charge in [-0.15, -0.1) is 0 Å². The summed E-state index contributed by atoms with van der Waals surface area (Å²) in [5.41, 5.74) is 1.20. The zero-order valence-electron chi connectivity index (χ0n) is 17.3. The van der Waals surface area contributed by atoms with Crippen LogP contribution in [0.15, 0.2) is 42.5 Å². The molecule has 8 nitrogen and oxygen atoms in total. The number of hydrogen-bond donors (Lipinski definition) is 1. The molecule has 0 saturated heterocycles. The molecule has 0 radical (unpaired) electrons. The Bertz CT molecular complexity index is 1010. The summed E-state index contributed by atoms with van der Waals surface area (Å²) >= 11 is 0. The smallest absolute Gasteiger partial charge is 0.241 e. The number of nitrogens with zero attached hydrogens (tertiary/aromatic N) is 1. The Kier molecular flexibility index (Phi) is 6.71. The molecule has 1 N–H and O–H groups in total. The maximum atomic E-state index is 12.7. The van der Waals surface area contributed by atoms with Crippen LogP contribution in [0.5, 0.6) is 17.2 Å². The zero-order valence-corrected chi connectivity index (χ0v) is 18.1. The number of carbonyl (C=O) groups is 1.